The zero-order chi connectivity index (χ0) is 14.4. The fraction of sp³-hybridized carbons (Fsp3) is 0.533. The van der Waals surface area contributed by atoms with Gasteiger partial charge >= 0.3 is 5.97 Å². The van der Waals surface area contributed by atoms with Crippen molar-refractivity contribution in [1.82, 2.24) is 5.32 Å². The third kappa shape index (κ3) is 4.56. The average Bonchev–Trinajstić information content (AvgIpc) is 2.27. The summed E-state index contributed by atoms with van der Waals surface area (Å²) in [7, 11) is 1.65. The number of benzene rings is 1. The normalized spacial score (nSPS) is 12.2. The Bertz CT molecular complexity index is 443. The molecule has 0 spiro atoms. The number of carbonyl (C=O) groups is 1. The zero-order valence-corrected chi connectivity index (χ0v) is 12.1. The molecule has 4 heteroatoms. The summed E-state index contributed by atoms with van der Waals surface area (Å²) < 4.78 is 5.44. The number of hydrogen-bond acceptors (Lipinski definition) is 3. The highest BCUT2D eigenvalue weighted by atomic mass is 16.5. The van der Waals surface area contributed by atoms with Crippen LogP contribution < -0.4 is 10.1 Å². The van der Waals surface area contributed by atoms with Crippen molar-refractivity contribution >= 4 is 5.97 Å². The lowest BCUT2D eigenvalue weighted by atomic mass is 9.98. The number of hydrogen-bond donors (Lipinski definition) is 2. The van der Waals surface area contributed by atoms with E-state index in [1.165, 1.54) is 5.56 Å². The molecule has 0 saturated carbocycles. The van der Waals surface area contributed by atoms with Gasteiger partial charge in [-0.1, -0.05) is 24.6 Å². The van der Waals surface area contributed by atoms with E-state index in [1.807, 2.05) is 20.8 Å². The topological polar surface area (TPSA) is 58.6 Å². The number of aryl methyl sites for hydroxylation is 2. The van der Waals surface area contributed by atoms with E-state index in [0.717, 1.165) is 23.4 Å². The smallest absolute Gasteiger partial charge is 0.304 e. The highest BCUT2D eigenvalue weighted by Gasteiger charge is 2.16. The number of rotatable bonds is 7. The fourth-order valence-electron chi connectivity index (χ4n) is 2.47. The Balaban J connectivity index is 2.97. The molecule has 1 unspecified atom stereocenters. The van der Waals surface area contributed by atoms with Crippen molar-refractivity contribution in [3.8, 4) is 5.75 Å². The van der Waals surface area contributed by atoms with Crippen molar-refractivity contribution in [1.29, 1.82) is 0 Å². The Morgan fingerprint density at radius 2 is 2.11 bits per heavy atom. The third-order valence-electron chi connectivity index (χ3n) is 3.08. The number of nitrogens with one attached hydrogen (secondary N) is 1. The highest BCUT2D eigenvalue weighted by molar-refractivity contribution is 5.67. The first-order valence-corrected chi connectivity index (χ1v) is 6.57. The Kier molecular flexibility index (Phi) is 5.83. The number of aliphatic carboxylic acids is 1. The summed E-state index contributed by atoms with van der Waals surface area (Å²) in [6.07, 6.45) is 0.774. The number of methoxy groups -OCH3 is 1. The second-order valence-corrected chi connectivity index (χ2v) is 4.83. The first-order valence-electron chi connectivity index (χ1n) is 6.57. The van der Waals surface area contributed by atoms with E-state index >= 15 is 0 Å². The van der Waals surface area contributed by atoms with Crippen LogP contribution in [-0.4, -0.2) is 30.8 Å². The Morgan fingerprint density at radius 1 is 1.42 bits per heavy atom. The van der Waals surface area contributed by atoms with Gasteiger partial charge in [-0.3, -0.25) is 4.79 Å². The molecule has 4 nitrogen and oxygen atoms in total. The molecule has 1 aromatic rings. The van der Waals surface area contributed by atoms with E-state index in [0.29, 0.717) is 6.42 Å². The van der Waals surface area contributed by atoms with Gasteiger partial charge in [-0.25, -0.2) is 0 Å². The van der Waals surface area contributed by atoms with Crippen molar-refractivity contribution in [3.05, 3.63) is 28.8 Å². The Morgan fingerprint density at radius 3 is 2.63 bits per heavy atom. The van der Waals surface area contributed by atoms with Crippen LogP contribution in [0.5, 0.6) is 5.75 Å². The van der Waals surface area contributed by atoms with Crippen LogP contribution in [0.4, 0.5) is 0 Å². The van der Waals surface area contributed by atoms with E-state index < -0.39 is 5.97 Å². The minimum absolute atomic E-state index is 0.0717. The molecule has 0 aliphatic heterocycles. The third-order valence-corrected chi connectivity index (χ3v) is 3.08. The summed E-state index contributed by atoms with van der Waals surface area (Å²) in [6, 6.07) is 4.07. The van der Waals surface area contributed by atoms with Gasteiger partial charge in [0.15, 0.2) is 0 Å². The predicted octanol–water partition coefficient (Wildman–Crippen LogP) is 2.31. The zero-order valence-electron chi connectivity index (χ0n) is 12.1. The molecule has 2 N–H and O–H groups in total. The van der Waals surface area contributed by atoms with Gasteiger partial charge in [-0.05, 0) is 37.9 Å². The van der Waals surface area contributed by atoms with Crippen LogP contribution in [0.25, 0.3) is 0 Å². The summed E-state index contributed by atoms with van der Waals surface area (Å²) >= 11 is 0. The van der Waals surface area contributed by atoms with Crippen LogP contribution in [0.1, 0.15) is 30.0 Å². The molecule has 0 fully saturated rings. The summed E-state index contributed by atoms with van der Waals surface area (Å²) in [6.45, 7) is 6.78. The minimum atomic E-state index is -0.783. The molecule has 1 aromatic carbocycles. The molecule has 0 aliphatic rings. The quantitative estimate of drug-likeness (QED) is 0.794. The molecule has 106 valence electrons. The number of ether oxygens (including phenoxy) is 1. The molecule has 0 bridgehead atoms. The molecule has 1 atom stereocenters. The fourth-order valence-corrected chi connectivity index (χ4v) is 2.47. The van der Waals surface area contributed by atoms with Crippen molar-refractivity contribution in [2.45, 2.75) is 39.7 Å². The van der Waals surface area contributed by atoms with Crippen LogP contribution in [0.3, 0.4) is 0 Å². The van der Waals surface area contributed by atoms with Crippen LogP contribution >= 0.6 is 0 Å². The number of carboxylic acids is 1. The van der Waals surface area contributed by atoms with E-state index in [2.05, 4.69) is 17.4 Å². The molecule has 1 rings (SSSR count). The van der Waals surface area contributed by atoms with Gasteiger partial charge < -0.3 is 15.2 Å². The SMILES string of the molecule is CCNC(CC(=O)O)Cc1cc(C)cc(C)c1OC. The van der Waals surface area contributed by atoms with Crippen LogP contribution in [0, 0.1) is 13.8 Å². The maximum absolute atomic E-state index is 10.9. The second-order valence-electron chi connectivity index (χ2n) is 4.83. The van der Waals surface area contributed by atoms with Gasteiger partial charge in [0.25, 0.3) is 0 Å². The van der Waals surface area contributed by atoms with Gasteiger partial charge in [0.1, 0.15) is 5.75 Å². The average molecular weight is 265 g/mol. The van der Waals surface area contributed by atoms with E-state index in [4.69, 9.17) is 9.84 Å². The molecule has 19 heavy (non-hydrogen) atoms. The molecule has 0 radical (unpaired) electrons. The summed E-state index contributed by atoms with van der Waals surface area (Å²) in [5, 5.41) is 12.2. The molecular weight excluding hydrogens is 242 g/mol. The van der Waals surface area contributed by atoms with Crippen molar-refractivity contribution in [3.63, 3.8) is 0 Å². The highest BCUT2D eigenvalue weighted by Crippen LogP contribution is 2.26. The Labute approximate surface area is 114 Å². The standard InChI is InChI=1S/C15H23NO3/c1-5-16-13(9-14(17)18)8-12-7-10(2)6-11(3)15(12)19-4/h6-7,13,16H,5,8-9H2,1-4H3,(H,17,18). The number of likely N-dealkylation sites (N-methyl/N-ethyl adjacent to an activating group) is 1. The lowest BCUT2D eigenvalue weighted by molar-refractivity contribution is -0.137. The molecule has 0 aromatic heterocycles. The molecule has 0 amide bonds. The first-order chi connectivity index (χ1) is 8.97. The predicted molar refractivity (Wildman–Crippen MR) is 75.9 cm³/mol. The summed E-state index contributed by atoms with van der Waals surface area (Å²) in [5.41, 5.74) is 3.31. The van der Waals surface area contributed by atoms with Gasteiger partial charge in [0.05, 0.1) is 13.5 Å². The van der Waals surface area contributed by atoms with Crippen molar-refractivity contribution in [2.24, 2.45) is 0 Å². The van der Waals surface area contributed by atoms with E-state index in [9.17, 15) is 4.79 Å². The maximum Gasteiger partial charge on any atom is 0.304 e. The maximum atomic E-state index is 10.9. The van der Waals surface area contributed by atoms with E-state index in [1.54, 1.807) is 7.11 Å². The minimum Gasteiger partial charge on any atom is -0.496 e. The van der Waals surface area contributed by atoms with Crippen LogP contribution in [-0.2, 0) is 11.2 Å². The van der Waals surface area contributed by atoms with Gasteiger partial charge in [0, 0.05) is 6.04 Å². The lowest BCUT2D eigenvalue weighted by Gasteiger charge is -2.19. The van der Waals surface area contributed by atoms with Gasteiger partial charge in [0.2, 0.25) is 0 Å². The largest absolute Gasteiger partial charge is 0.496 e. The first kappa shape index (κ1) is 15.5. The van der Waals surface area contributed by atoms with E-state index in [-0.39, 0.29) is 12.5 Å². The summed E-state index contributed by atoms with van der Waals surface area (Å²) in [5.74, 6) is 0.0770. The monoisotopic (exact) mass is 265 g/mol. The number of carboxylic acid groups (broad SMARTS) is 1. The molecular formula is C15H23NO3. The lowest BCUT2D eigenvalue weighted by Crippen LogP contribution is -2.33. The van der Waals surface area contributed by atoms with Gasteiger partial charge in [-0.15, -0.1) is 0 Å². The van der Waals surface area contributed by atoms with Gasteiger partial charge in [-0.2, -0.15) is 0 Å². The van der Waals surface area contributed by atoms with Crippen LogP contribution in [0.15, 0.2) is 12.1 Å². The summed E-state index contributed by atoms with van der Waals surface area (Å²) in [4.78, 5) is 10.9. The molecule has 0 heterocycles. The van der Waals surface area contributed by atoms with Crippen molar-refractivity contribution in [2.75, 3.05) is 13.7 Å². The Hall–Kier alpha value is -1.55. The van der Waals surface area contributed by atoms with Crippen molar-refractivity contribution < 1.29 is 14.6 Å². The van der Waals surface area contributed by atoms with Crippen LogP contribution in [0.2, 0.25) is 0 Å². The molecule has 0 aliphatic carbocycles. The molecule has 0 saturated heterocycles. The second kappa shape index (κ2) is 7.14.